The highest BCUT2D eigenvalue weighted by Gasteiger charge is 2.14. The largest absolute Gasteiger partial charge is 0.345 e. The van der Waals surface area contributed by atoms with Crippen LogP contribution in [0.1, 0.15) is 24.1 Å². The molecule has 2 rings (SSSR count). The molecule has 1 atom stereocenters. The van der Waals surface area contributed by atoms with E-state index < -0.39 is 5.91 Å². The number of carbonyl (C=O) groups is 1. The van der Waals surface area contributed by atoms with Gasteiger partial charge >= 0.3 is 0 Å². The van der Waals surface area contributed by atoms with E-state index in [2.05, 4.69) is 10.3 Å². The first-order valence-electron chi connectivity index (χ1n) is 6.70. The Hall–Kier alpha value is -2.64. The second-order valence-corrected chi connectivity index (χ2v) is 5.02. The van der Waals surface area contributed by atoms with Crippen LogP contribution >= 0.6 is 11.6 Å². The zero-order chi connectivity index (χ0) is 15.9. The van der Waals surface area contributed by atoms with Crippen LogP contribution in [0.5, 0.6) is 0 Å². The average molecular weight is 312 g/mol. The maximum absolute atomic E-state index is 12.2. The molecule has 0 radical (unpaired) electrons. The number of rotatable bonds is 4. The van der Waals surface area contributed by atoms with E-state index in [9.17, 15) is 10.1 Å². The van der Waals surface area contributed by atoms with Crippen molar-refractivity contribution >= 4 is 23.6 Å². The van der Waals surface area contributed by atoms with E-state index in [1.165, 1.54) is 6.08 Å². The molecule has 22 heavy (non-hydrogen) atoms. The molecule has 1 heterocycles. The number of nitrogens with one attached hydrogen (secondary N) is 1. The van der Waals surface area contributed by atoms with Crippen LogP contribution in [0.3, 0.4) is 0 Å². The Morgan fingerprint density at radius 1 is 1.32 bits per heavy atom. The molecule has 1 aromatic heterocycles. The third kappa shape index (κ3) is 3.94. The summed E-state index contributed by atoms with van der Waals surface area (Å²) in [5.41, 5.74) is 1.48. The summed E-state index contributed by atoms with van der Waals surface area (Å²) in [6, 6.07) is 14.6. The number of hydrogen-bond donors (Lipinski definition) is 1. The maximum atomic E-state index is 12.2. The number of aromatic nitrogens is 1. The molecule has 1 N–H and O–H groups in total. The molecular weight excluding hydrogens is 298 g/mol. The topological polar surface area (TPSA) is 65.8 Å². The predicted molar refractivity (Wildman–Crippen MR) is 85.8 cm³/mol. The van der Waals surface area contributed by atoms with Crippen LogP contribution in [0.25, 0.3) is 6.08 Å². The summed E-state index contributed by atoms with van der Waals surface area (Å²) < 4.78 is 0. The minimum Gasteiger partial charge on any atom is -0.345 e. The second kappa shape index (κ2) is 7.39. The highest BCUT2D eigenvalue weighted by molar-refractivity contribution is 6.31. The molecule has 0 bridgehead atoms. The van der Waals surface area contributed by atoms with Gasteiger partial charge in [-0.05, 0) is 24.6 Å². The quantitative estimate of drug-likeness (QED) is 0.534. The zero-order valence-electron chi connectivity index (χ0n) is 12.0. The van der Waals surface area contributed by atoms with Gasteiger partial charge in [0.05, 0.1) is 6.04 Å². The molecule has 0 aliphatic carbocycles. The van der Waals surface area contributed by atoms with Gasteiger partial charge in [0.2, 0.25) is 0 Å². The van der Waals surface area contributed by atoms with E-state index in [0.29, 0.717) is 5.56 Å². The molecule has 2 aromatic rings. The number of carbonyl (C=O) groups excluding carboxylic acids is 1. The molecule has 5 heteroatoms. The van der Waals surface area contributed by atoms with E-state index in [1.54, 1.807) is 18.3 Å². The summed E-state index contributed by atoms with van der Waals surface area (Å²) in [5, 5.41) is 12.2. The molecule has 110 valence electrons. The molecule has 1 aromatic carbocycles. The van der Waals surface area contributed by atoms with Crippen molar-refractivity contribution in [3.8, 4) is 6.07 Å². The highest BCUT2D eigenvalue weighted by Crippen LogP contribution is 2.17. The van der Waals surface area contributed by atoms with Crippen molar-refractivity contribution in [1.29, 1.82) is 5.26 Å². The summed E-state index contributed by atoms with van der Waals surface area (Å²) in [4.78, 5) is 16.1. The maximum Gasteiger partial charge on any atom is 0.262 e. The number of benzene rings is 1. The van der Waals surface area contributed by atoms with Crippen molar-refractivity contribution in [2.75, 3.05) is 0 Å². The molecule has 1 amide bonds. The summed E-state index contributed by atoms with van der Waals surface area (Å²) in [5.74, 6) is -0.446. The van der Waals surface area contributed by atoms with Crippen molar-refractivity contribution in [2.24, 2.45) is 0 Å². The van der Waals surface area contributed by atoms with Gasteiger partial charge in [-0.2, -0.15) is 5.26 Å². The summed E-state index contributed by atoms with van der Waals surface area (Å²) in [6.45, 7) is 1.86. The minimum absolute atomic E-state index is 0.0160. The number of amides is 1. The fourth-order valence-corrected chi connectivity index (χ4v) is 2.08. The fourth-order valence-electron chi connectivity index (χ4n) is 1.91. The third-order valence-corrected chi connectivity index (χ3v) is 3.42. The Balaban J connectivity index is 2.17. The number of nitriles is 1. The van der Waals surface area contributed by atoms with Crippen LogP contribution in [0.15, 0.2) is 54.2 Å². The monoisotopic (exact) mass is 311 g/mol. The summed E-state index contributed by atoms with van der Waals surface area (Å²) in [6.07, 6.45) is 2.98. The van der Waals surface area contributed by atoms with Gasteiger partial charge in [0, 0.05) is 11.8 Å². The van der Waals surface area contributed by atoms with Crippen molar-refractivity contribution in [3.05, 3.63) is 70.5 Å². The Morgan fingerprint density at radius 3 is 2.68 bits per heavy atom. The molecule has 0 saturated heterocycles. The number of hydrogen-bond acceptors (Lipinski definition) is 3. The van der Waals surface area contributed by atoms with E-state index >= 15 is 0 Å². The van der Waals surface area contributed by atoms with Crippen LogP contribution < -0.4 is 5.32 Å². The van der Waals surface area contributed by atoms with E-state index in [4.69, 9.17) is 11.6 Å². The first-order chi connectivity index (χ1) is 10.6. The van der Waals surface area contributed by atoms with Crippen molar-refractivity contribution in [2.45, 2.75) is 13.0 Å². The second-order valence-electron chi connectivity index (χ2n) is 4.66. The molecule has 0 saturated carbocycles. The zero-order valence-corrected chi connectivity index (χ0v) is 12.7. The van der Waals surface area contributed by atoms with Crippen molar-refractivity contribution in [1.82, 2.24) is 10.3 Å². The van der Waals surface area contributed by atoms with E-state index in [1.807, 2.05) is 43.3 Å². The number of nitrogens with zero attached hydrogens (tertiary/aromatic N) is 2. The van der Waals surface area contributed by atoms with Gasteiger partial charge < -0.3 is 5.32 Å². The standard InChI is InChI=1S/C17H14ClN3O/c1-12(13-6-3-2-4-7-13)21-17(22)15(11-19)10-14-8-5-9-20-16(14)18/h2-10,12H,1H3,(H,21,22)/b15-10-. The van der Waals surface area contributed by atoms with Gasteiger partial charge in [-0.15, -0.1) is 0 Å². The van der Waals surface area contributed by atoms with Gasteiger partial charge in [0.25, 0.3) is 5.91 Å². The lowest BCUT2D eigenvalue weighted by molar-refractivity contribution is -0.117. The van der Waals surface area contributed by atoms with Crippen LogP contribution in [0, 0.1) is 11.3 Å². The summed E-state index contributed by atoms with van der Waals surface area (Å²) in [7, 11) is 0. The summed E-state index contributed by atoms with van der Waals surface area (Å²) >= 11 is 5.93. The highest BCUT2D eigenvalue weighted by atomic mass is 35.5. The van der Waals surface area contributed by atoms with Crippen molar-refractivity contribution in [3.63, 3.8) is 0 Å². The first-order valence-corrected chi connectivity index (χ1v) is 7.07. The van der Waals surface area contributed by atoms with E-state index in [-0.39, 0.29) is 16.8 Å². The Kier molecular flexibility index (Phi) is 5.29. The molecule has 0 aliphatic heterocycles. The van der Waals surface area contributed by atoms with Gasteiger partial charge in [0.15, 0.2) is 0 Å². The molecule has 0 spiro atoms. The lowest BCUT2D eigenvalue weighted by Gasteiger charge is -2.13. The normalized spacial score (nSPS) is 12.3. The van der Waals surface area contributed by atoms with Gasteiger partial charge in [-0.1, -0.05) is 48.0 Å². The van der Waals surface area contributed by atoms with Crippen LogP contribution in [0.4, 0.5) is 0 Å². The molecular formula is C17H14ClN3O. The van der Waals surface area contributed by atoms with Crippen LogP contribution in [-0.4, -0.2) is 10.9 Å². The van der Waals surface area contributed by atoms with Crippen molar-refractivity contribution < 1.29 is 4.79 Å². The number of pyridine rings is 1. The third-order valence-electron chi connectivity index (χ3n) is 3.10. The molecule has 0 fully saturated rings. The smallest absolute Gasteiger partial charge is 0.262 e. The molecule has 1 unspecified atom stereocenters. The van der Waals surface area contributed by atoms with Crippen LogP contribution in [-0.2, 0) is 4.79 Å². The van der Waals surface area contributed by atoms with Gasteiger partial charge in [-0.3, -0.25) is 4.79 Å². The lowest BCUT2D eigenvalue weighted by atomic mass is 10.1. The van der Waals surface area contributed by atoms with Gasteiger partial charge in [0.1, 0.15) is 16.8 Å². The fraction of sp³-hybridized carbons (Fsp3) is 0.118. The average Bonchev–Trinajstić information content (AvgIpc) is 2.54. The predicted octanol–water partition coefficient (Wildman–Crippen LogP) is 3.52. The van der Waals surface area contributed by atoms with Crippen LogP contribution in [0.2, 0.25) is 5.15 Å². The lowest BCUT2D eigenvalue weighted by Crippen LogP contribution is -2.27. The SMILES string of the molecule is CC(NC(=O)/C(C#N)=C\c1cccnc1Cl)c1ccccc1. The molecule has 4 nitrogen and oxygen atoms in total. The van der Waals surface area contributed by atoms with E-state index in [0.717, 1.165) is 5.56 Å². The minimum atomic E-state index is -0.446. The molecule has 0 aliphatic rings. The Morgan fingerprint density at radius 2 is 2.05 bits per heavy atom. The number of halogens is 1. The first kappa shape index (κ1) is 15.7. The Bertz CT molecular complexity index is 735. The van der Waals surface area contributed by atoms with Gasteiger partial charge in [-0.25, -0.2) is 4.98 Å². The Labute approximate surface area is 134 Å².